The van der Waals surface area contributed by atoms with Crippen molar-refractivity contribution < 1.29 is 4.79 Å². The van der Waals surface area contributed by atoms with Crippen molar-refractivity contribution in [2.75, 3.05) is 31.1 Å². The van der Waals surface area contributed by atoms with Gasteiger partial charge in [-0.2, -0.15) is 9.61 Å². The third-order valence-electron chi connectivity index (χ3n) is 5.62. The van der Waals surface area contributed by atoms with E-state index in [9.17, 15) is 9.59 Å². The van der Waals surface area contributed by atoms with E-state index in [1.54, 1.807) is 29.2 Å². The molecule has 8 nitrogen and oxygen atoms in total. The molecule has 1 amide bonds. The zero-order valence-electron chi connectivity index (χ0n) is 17.3. The molecule has 2 aromatic carbocycles. The quantitative estimate of drug-likeness (QED) is 0.479. The van der Waals surface area contributed by atoms with Gasteiger partial charge in [0.05, 0.1) is 5.69 Å². The van der Waals surface area contributed by atoms with Crippen LogP contribution < -0.4 is 10.6 Å². The van der Waals surface area contributed by atoms with Gasteiger partial charge in [-0.25, -0.2) is 9.48 Å². The molecule has 0 unspecified atom stereocenters. The van der Waals surface area contributed by atoms with Crippen molar-refractivity contribution >= 4 is 28.8 Å². The number of para-hydroxylation sites is 1. The molecule has 32 heavy (non-hydrogen) atoms. The first kappa shape index (κ1) is 20.3. The normalized spacial score (nSPS) is 14.2. The highest BCUT2D eigenvalue weighted by molar-refractivity contribution is 6.30. The van der Waals surface area contributed by atoms with Crippen LogP contribution in [0.1, 0.15) is 0 Å². The van der Waals surface area contributed by atoms with Crippen molar-refractivity contribution in [3.05, 3.63) is 82.2 Å². The molecule has 4 aromatic rings. The zero-order chi connectivity index (χ0) is 22.1. The predicted molar refractivity (Wildman–Crippen MR) is 123 cm³/mol. The fraction of sp³-hybridized carbons (Fsp3) is 0.217. The Morgan fingerprint density at radius 1 is 0.875 bits per heavy atom. The van der Waals surface area contributed by atoms with E-state index in [1.165, 1.54) is 9.20 Å². The second-order valence-corrected chi connectivity index (χ2v) is 8.08. The Balaban J connectivity index is 1.30. The number of amides is 1. The summed E-state index contributed by atoms with van der Waals surface area (Å²) >= 11 is 5.95. The molecule has 2 aromatic heterocycles. The lowest BCUT2D eigenvalue weighted by atomic mass is 10.1. The summed E-state index contributed by atoms with van der Waals surface area (Å²) in [7, 11) is 0. The van der Waals surface area contributed by atoms with Gasteiger partial charge in [-0.3, -0.25) is 4.79 Å². The Morgan fingerprint density at radius 3 is 2.31 bits per heavy atom. The molecule has 0 N–H and O–H groups in total. The minimum atomic E-state index is -0.438. The summed E-state index contributed by atoms with van der Waals surface area (Å²) in [6.45, 7) is 2.61. The molecule has 1 saturated heterocycles. The number of carbonyl (C=O) groups excluding carboxylic acids is 1. The maximum Gasteiger partial charge on any atom is 0.367 e. The second-order valence-electron chi connectivity index (χ2n) is 7.64. The summed E-state index contributed by atoms with van der Waals surface area (Å²) in [5.41, 5.74) is 2.57. The summed E-state index contributed by atoms with van der Waals surface area (Å²) in [5.74, 6) is -0.124. The highest BCUT2D eigenvalue weighted by Gasteiger charge is 2.23. The average Bonchev–Trinajstić information content (AvgIpc) is 3.14. The van der Waals surface area contributed by atoms with E-state index in [1.807, 2.05) is 30.3 Å². The van der Waals surface area contributed by atoms with Crippen molar-refractivity contribution in [3.63, 3.8) is 0 Å². The van der Waals surface area contributed by atoms with Gasteiger partial charge >= 0.3 is 5.69 Å². The number of aromatic nitrogens is 4. The molecular weight excluding hydrogens is 428 g/mol. The van der Waals surface area contributed by atoms with Crippen LogP contribution in [0.2, 0.25) is 5.02 Å². The van der Waals surface area contributed by atoms with Gasteiger partial charge in [0.25, 0.3) is 0 Å². The summed E-state index contributed by atoms with van der Waals surface area (Å²) in [6, 6.07) is 20.9. The Morgan fingerprint density at radius 2 is 1.59 bits per heavy atom. The second kappa shape index (κ2) is 8.47. The molecule has 5 rings (SSSR count). The fourth-order valence-electron chi connectivity index (χ4n) is 3.87. The number of halogens is 1. The van der Waals surface area contributed by atoms with Gasteiger partial charge in [0.1, 0.15) is 6.54 Å². The standard InChI is InChI=1S/C23H21ClN6O2/c24-18-8-6-17(7-9-18)20-10-11-21-26-29(23(32)30(21)25-20)16-22(31)28-14-12-27(13-15-28)19-4-2-1-3-5-19/h1-11H,12-16H2. The van der Waals surface area contributed by atoms with Gasteiger partial charge in [0.2, 0.25) is 5.91 Å². The van der Waals surface area contributed by atoms with Crippen molar-refractivity contribution in [2.45, 2.75) is 6.54 Å². The van der Waals surface area contributed by atoms with E-state index in [4.69, 9.17) is 11.6 Å². The van der Waals surface area contributed by atoms with E-state index in [0.717, 1.165) is 24.3 Å². The number of piperazine rings is 1. The number of anilines is 1. The highest BCUT2D eigenvalue weighted by atomic mass is 35.5. The van der Waals surface area contributed by atoms with Crippen LogP contribution in [0, 0.1) is 0 Å². The van der Waals surface area contributed by atoms with Crippen LogP contribution in [0.4, 0.5) is 5.69 Å². The average molecular weight is 449 g/mol. The van der Waals surface area contributed by atoms with E-state index >= 15 is 0 Å². The minimum Gasteiger partial charge on any atom is -0.368 e. The van der Waals surface area contributed by atoms with Crippen LogP contribution in [0.5, 0.6) is 0 Å². The van der Waals surface area contributed by atoms with E-state index in [-0.39, 0.29) is 12.5 Å². The minimum absolute atomic E-state index is 0.107. The monoisotopic (exact) mass is 448 g/mol. The number of rotatable bonds is 4. The largest absolute Gasteiger partial charge is 0.368 e. The number of hydrogen-bond acceptors (Lipinski definition) is 5. The Labute approximate surface area is 189 Å². The number of nitrogens with zero attached hydrogens (tertiary/aromatic N) is 6. The molecule has 1 aliphatic heterocycles. The SMILES string of the molecule is O=C(Cn1nc2ccc(-c3ccc(Cl)cc3)nn2c1=O)N1CCN(c2ccccc2)CC1. The highest BCUT2D eigenvalue weighted by Crippen LogP contribution is 2.19. The van der Waals surface area contributed by atoms with Crippen molar-refractivity contribution in [3.8, 4) is 11.3 Å². The summed E-state index contributed by atoms with van der Waals surface area (Å²) in [6.07, 6.45) is 0. The fourth-order valence-corrected chi connectivity index (χ4v) is 3.99. The van der Waals surface area contributed by atoms with Gasteiger partial charge < -0.3 is 9.80 Å². The van der Waals surface area contributed by atoms with Gasteiger partial charge in [0.15, 0.2) is 5.65 Å². The van der Waals surface area contributed by atoms with Crippen LogP contribution in [-0.2, 0) is 11.3 Å². The topological polar surface area (TPSA) is 75.7 Å². The lowest BCUT2D eigenvalue weighted by Gasteiger charge is -2.36. The number of fused-ring (bicyclic) bond motifs is 1. The molecule has 9 heteroatoms. The lowest BCUT2D eigenvalue weighted by Crippen LogP contribution is -2.50. The van der Waals surface area contributed by atoms with Crippen LogP contribution in [-0.4, -0.2) is 56.4 Å². The van der Waals surface area contributed by atoms with Gasteiger partial charge in [0, 0.05) is 42.5 Å². The summed E-state index contributed by atoms with van der Waals surface area (Å²) < 4.78 is 2.41. The van der Waals surface area contributed by atoms with Gasteiger partial charge in [-0.15, -0.1) is 5.10 Å². The molecular formula is C23H21ClN6O2. The third-order valence-corrected chi connectivity index (χ3v) is 5.87. The molecule has 0 radical (unpaired) electrons. The van der Waals surface area contributed by atoms with Crippen LogP contribution >= 0.6 is 11.6 Å². The maximum absolute atomic E-state index is 12.8. The first-order valence-corrected chi connectivity index (χ1v) is 10.8. The smallest absolute Gasteiger partial charge is 0.367 e. The van der Waals surface area contributed by atoms with Crippen molar-refractivity contribution in [2.24, 2.45) is 0 Å². The van der Waals surface area contributed by atoms with Crippen LogP contribution in [0.15, 0.2) is 71.5 Å². The molecule has 162 valence electrons. The van der Waals surface area contributed by atoms with E-state index in [0.29, 0.717) is 29.5 Å². The van der Waals surface area contributed by atoms with Crippen molar-refractivity contribution in [1.29, 1.82) is 0 Å². The van der Waals surface area contributed by atoms with E-state index in [2.05, 4.69) is 27.2 Å². The molecule has 0 saturated carbocycles. The predicted octanol–water partition coefficient (Wildman–Crippen LogP) is 2.56. The molecule has 1 fully saturated rings. The van der Waals surface area contributed by atoms with Crippen LogP contribution in [0.3, 0.4) is 0 Å². The molecule has 0 aliphatic carbocycles. The molecule has 3 heterocycles. The Hall–Kier alpha value is -3.65. The number of hydrogen-bond donors (Lipinski definition) is 0. The molecule has 1 aliphatic rings. The maximum atomic E-state index is 12.8. The summed E-state index contributed by atoms with van der Waals surface area (Å²) in [5, 5.41) is 9.32. The molecule has 0 spiro atoms. The van der Waals surface area contributed by atoms with Crippen molar-refractivity contribution in [1.82, 2.24) is 24.3 Å². The van der Waals surface area contributed by atoms with Crippen LogP contribution in [0.25, 0.3) is 16.9 Å². The number of benzene rings is 2. The molecule has 0 atom stereocenters. The first-order valence-electron chi connectivity index (χ1n) is 10.4. The van der Waals surface area contributed by atoms with E-state index < -0.39 is 5.69 Å². The Kier molecular flexibility index (Phi) is 5.36. The summed E-state index contributed by atoms with van der Waals surface area (Å²) in [4.78, 5) is 29.7. The van der Waals surface area contributed by atoms with Gasteiger partial charge in [-0.05, 0) is 36.4 Å². The first-order chi connectivity index (χ1) is 15.6. The number of carbonyl (C=O) groups is 1. The zero-order valence-corrected chi connectivity index (χ0v) is 18.0. The van der Waals surface area contributed by atoms with Gasteiger partial charge in [-0.1, -0.05) is 41.9 Å². The lowest BCUT2D eigenvalue weighted by molar-refractivity contribution is -0.132. The molecule has 0 bridgehead atoms. The third kappa shape index (κ3) is 3.97. The Bertz CT molecular complexity index is 1310.